The zero-order chi connectivity index (χ0) is 19.9. The number of carbonyl (C=O) groups is 2. The molecule has 4 rings (SSSR count). The second-order valence-corrected chi connectivity index (χ2v) is 8.17. The van der Waals surface area contributed by atoms with Gasteiger partial charge in [0.15, 0.2) is 5.60 Å². The maximum Gasteiger partial charge on any atom is 0.271 e. The minimum atomic E-state index is -0.946. The van der Waals surface area contributed by atoms with E-state index in [4.69, 9.17) is 4.74 Å². The number of benzene rings is 2. The van der Waals surface area contributed by atoms with Crippen molar-refractivity contribution in [1.29, 1.82) is 0 Å². The molecule has 0 bridgehead atoms. The number of hydrogen-bond donors (Lipinski definition) is 0. The van der Waals surface area contributed by atoms with Crippen LogP contribution < -0.4 is 9.64 Å². The van der Waals surface area contributed by atoms with E-state index in [9.17, 15) is 9.59 Å². The van der Waals surface area contributed by atoms with Crippen molar-refractivity contribution in [2.24, 2.45) is 0 Å². The lowest BCUT2D eigenvalue weighted by Gasteiger charge is -2.39. The predicted octanol–water partition coefficient (Wildman–Crippen LogP) is 3.94. The summed E-state index contributed by atoms with van der Waals surface area (Å²) in [5.41, 5.74) is 2.54. The van der Waals surface area contributed by atoms with Crippen LogP contribution in [-0.2, 0) is 11.3 Å². The first-order valence-electron chi connectivity index (χ1n) is 9.85. The van der Waals surface area contributed by atoms with Crippen molar-refractivity contribution < 1.29 is 14.3 Å². The lowest BCUT2D eigenvalue weighted by atomic mass is 10.0. The molecule has 2 aromatic carbocycles. The van der Waals surface area contributed by atoms with Gasteiger partial charge in [0.05, 0.1) is 12.2 Å². The van der Waals surface area contributed by atoms with Gasteiger partial charge in [-0.15, -0.1) is 0 Å². The molecule has 2 heterocycles. The second kappa shape index (κ2) is 6.97. The summed E-state index contributed by atoms with van der Waals surface area (Å²) in [6, 6.07) is 13.6. The highest BCUT2D eigenvalue weighted by Gasteiger charge is 2.41. The van der Waals surface area contributed by atoms with Crippen molar-refractivity contribution in [3.05, 3.63) is 59.2 Å². The van der Waals surface area contributed by atoms with Gasteiger partial charge in [-0.25, -0.2) is 0 Å². The fourth-order valence-electron chi connectivity index (χ4n) is 3.84. The Bertz CT molecular complexity index is 912. The minimum absolute atomic E-state index is 0.0212. The van der Waals surface area contributed by atoms with Gasteiger partial charge in [0.25, 0.3) is 11.8 Å². The van der Waals surface area contributed by atoms with E-state index in [0.29, 0.717) is 23.5 Å². The number of hydrogen-bond acceptors (Lipinski definition) is 3. The highest BCUT2D eigenvalue weighted by Crippen LogP contribution is 2.39. The van der Waals surface area contributed by atoms with Crippen LogP contribution in [0.3, 0.4) is 0 Å². The zero-order valence-electron chi connectivity index (χ0n) is 16.7. The van der Waals surface area contributed by atoms with Crippen molar-refractivity contribution >= 4 is 17.5 Å². The van der Waals surface area contributed by atoms with Crippen LogP contribution in [0.2, 0.25) is 0 Å². The first-order chi connectivity index (χ1) is 13.3. The zero-order valence-corrected chi connectivity index (χ0v) is 16.7. The number of anilines is 1. The third kappa shape index (κ3) is 3.37. The smallest absolute Gasteiger partial charge is 0.271 e. The van der Waals surface area contributed by atoms with Crippen molar-refractivity contribution in [2.75, 3.05) is 18.0 Å². The number of carbonyl (C=O) groups excluding carboxylic acids is 2. The fraction of sp³-hybridized carbons (Fsp3) is 0.391. The normalized spacial score (nSPS) is 18.0. The Kier molecular flexibility index (Phi) is 4.61. The van der Waals surface area contributed by atoms with Crippen LogP contribution in [0.25, 0.3) is 0 Å². The molecule has 28 heavy (non-hydrogen) atoms. The molecule has 2 aliphatic rings. The summed E-state index contributed by atoms with van der Waals surface area (Å²) in [6.07, 6.45) is 2.10. The molecular weight excluding hydrogens is 352 g/mol. The topological polar surface area (TPSA) is 49.9 Å². The van der Waals surface area contributed by atoms with Gasteiger partial charge < -0.3 is 14.5 Å². The Morgan fingerprint density at radius 3 is 2.43 bits per heavy atom. The standard InChI is InChI=1S/C23H26N2O3/c1-16-6-8-17(9-7-16)15-25-19-14-18(21(26)24-12-4-5-13-24)10-11-20(19)28-23(2,3)22(25)27/h6-11,14H,4-5,12-13,15H2,1-3H3. The Labute approximate surface area is 165 Å². The Hall–Kier alpha value is -2.82. The highest BCUT2D eigenvalue weighted by atomic mass is 16.5. The second-order valence-electron chi connectivity index (χ2n) is 8.17. The number of nitrogens with zero attached hydrogens (tertiary/aromatic N) is 2. The molecule has 0 N–H and O–H groups in total. The van der Waals surface area contributed by atoms with Gasteiger partial charge in [-0.2, -0.15) is 0 Å². The summed E-state index contributed by atoms with van der Waals surface area (Å²) in [6.45, 7) is 7.64. The lowest BCUT2D eigenvalue weighted by Crippen LogP contribution is -2.52. The number of aryl methyl sites for hydroxylation is 1. The summed E-state index contributed by atoms with van der Waals surface area (Å²) in [5.74, 6) is 0.550. The number of ether oxygens (including phenoxy) is 1. The monoisotopic (exact) mass is 378 g/mol. The van der Waals surface area contributed by atoms with E-state index in [-0.39, 0.29) is 11.8 Å². The maximum atomic E-state index is 13.1. The number of amides is 2. The van der Waals surface area contributed by atoms with E-state index in [1.54, 1.807) is 30.9 Å². The number of fused-ring (bicyclic) bond motifs is 1. The Morgan fingerprint density at radius 2 is 1.75 bits per heavy atom. The molecule has 146 valence electrons. The van der Waals surface area contributed by atoms with Crippen LogP contribution in [0.1, 0.15) is 48.2 Å². The molecule has 0 saturated carbocycles. The van der Waals surface area contributed by atoms with E-state index in [1.165, 1.54) is 5.56 Å². The highest BCUT2D eigenvalue weighted by molar-refractivity contribution is 6.04. The van der Waals surface area contributed by atoms with Gasteiger partial charge in [-0.1, -0.05) is 29.8 Å². The molecule has 2 amide bonds. The quantitative estimate of drug-likeness (QED) is 0.813. The van der Waals surface area contributed by atoms with Crippen LogP contribution in [0.15, 0.2) is 42.5 Å². The Balaban J connectivity index is 1.71. The third-order valence-corrected chi connectivity index (χ3v) is 5.48. The molecule has 0 unspecified atom stereocenters. The first kappa shape index (κ1) is 18.5. The molecule has 5 heteroatoms. The van der Waals surface area contributed by atoms with Gasteiger partial charge in [-0.3, -0.25) is 9.59 Å². The molecule has 0 aliphatic carbocycles. The summed E-state index contributed by atoms with van der Waals surface area (Å²) < 4.78 is 5.96. The molecule has 5 nitrogen and oxygen atoms in total. The molecule has 0 radical (unpaired) electrons. The SMILES string of the molecule is Cc1ccc(CN2C(=O)C(C)(C)Oc3ccc(C(=O)N4CCCC4)cc32)cc1. The molecule has 2 aliphatic heterocycles. The van der Waals surface area contributed by atoms with Crippen LogP contribution in [0, 0.1) is 6.92 Å². The summed E-state index contributed by atoms with van der Waals surface area (Å²) in [4.78, 5) is 29.6. The van der Waals surface area contributed by atoms with Gasteiger partial charge in [0.1, 0.15) is 5.75 Å². The molecule has 0 atom stereocenters. The number of rotatable bonds is 3. The van der Waals surface area contributed by atoms with Crippen LogP contribution in [0.4, 0.5) is 5.69 Å². The van der Waals surface area contributed by atoms with Gasteiger partial charge >= 0.3 is 0 Å². The average molecular weight is 378 g/mol. The van der Waals surface area contributed by atoms with Gasteiger partial charge in [0.2, 0.25) is 0 Å². The molecule has 0 spiro atoms. The minimum Gasteiger partial charge on any atom is -0.476 e. The van der Waals surface area contributed by atoms with E-state index >= 15 is 0 Å². The third-order valence-electron chi connectivity index (χ3n) is 5.48. The first-order valence-corrected chi connectivity index (χ1v) is 9.85. The van der Waals surface area contributed by atoms with Gasteiger partial charge in [-0.05, 0) is 57.4 Å². The summed E-state index contributed by atoms with van der Waals surface area (Å²) in [7, 11) is 0. The van der Waals surface area contributed by atoms with E-state index in [0.717, 1.165) is 31.5 Å². The molecule has 0 aromatic heterocycles. The van der Waals surface area contributed by atoms with Crippen LogP contribution in [-0.4, -0.2) is 35.4 Å². The summed E-state index contributed by atoms with van der Waals surface area (Å²) >= 11 is 0. The average Bonchev–Trinajstić information content (AvgIpc) is 3.21. The maximum absolute atomic E-state index is 13.1. The fourth-order valence-corrected chi connectivity index (χ4v) is 3.84. The molecule has 1 fully saturated rings. The molecular formula is C23H26N2O3. The van der Waals surface area contributed by atoms with Gasteiger partial charge in [0, 0.05) is 18.7 Å². The van der Waals surface area contributed by atoms with Crippen molar-refractivity contribution in [2.45, 2.75) is 45.8 Å². The predicted molar refractivity (Wildman–Crippen MR) is 109 cm³/mol. The van der Waals surface area contributed by atoms with Crippen molar-refractivity contribution in [1.82, 2.24) is 4.90 Å². The molecule has 1 saturated heterocycles. The Morgan fingerprint density at radius 1 is 1.07 bits per heavy atom. The van der Waals surface area contributed by atoms with Crippen LogP contribution in [0.5, 0.6) is 5.75 Å². The summed E-state index contributed by atoms with van der Waals surface area (Å²) in [5, 5.41) is 0. The molecule has 2 aromatic rings. The number of likely N-dealkylation sites (tertiary alicyclic amines) is 1. The van der Waals surface area contributed by atoms with Crippen LogP contribution >= 0.6 is 0 Å². The largest absolute Gasteiger partial charge is 0.476 e. The van der Waals surface area contributed by atoms with E-state index in [1.807, 2.05) is 42.2 Å². The van der Waals surface area contributed by atoms with Crippen molar-refractivity contribution in [3.63, 3.8) is 0 Å². The van der Waals surface area contributed by atoms with E-state index < -0.39 is 5.60 Å². The lowest BCUT2D eigenvalue weighted by molar-refractivity contribution is -0.132. The van der Waals surface area contributed by atoms with E-state index in [2.05, 4.69) is 0 Å². The van der Waals surface area contributed by atoms with Crippen molar-refractivity contribution in [3.8, 4) is 5.75 Å².